The minimum atomic E-state index is 0.125. The highest BCUT2D eigenvalue weighted by Crippen LogP contribution is 2.23. The first kappa shape index (κ1) is 11.9. The zero-order chi connectivity index (χ0) is 12.4. The van der Waals surface area contributed by atoms with Gasteiger partial charge in [0.05, 0.1) is 12.9 Å². The van der Waals surface area contributed by atoms with Gasteiger partial charge in [0.25, 0.3) is 0 Å². The van der Waals surface area contributed by atoms with Gasteiger partial charge in [-0.25, -0.2) is 0 Å². The minimum absolute atomic E-state index is 0.125. The molecule has 1 aromatic rings. The van der Waals surface area contributed by atoms with Gasteiger partial charge in [-0.2, -0.15) is 0 Å². The lowest BCUT2D eigenvalue weighted by molar-refractivity contribution is 0.101. The summed E-state index contributed by atoms with van der Waals surface area (Å²) >= 11 is 0. The van der Waals surface area contributed by atoms with Crippen LogP contribution in [0.25, 0.3) is 0 Å². The van der Waals surface area contributed by atoms with Crippen LogP contribution >= 0.6 is 0 Å². The Morgan fingerprint density at radius 2 is 1.82 bits per heavy atom. The molecule has 17 heavy (non-hydrogen) atoms. The number of carbonyl (C=O) groups is 1. The van der Waals surface area contributed by atoms with Crippen LogP contribution in [0.1, 0.15) is 39.9 Å². The fourth-order valence-corrected chi connectivity index (χ4v) is 2.43. The molecule has 0 N–H and O–H groups in total. The number of rotatable bonds is 2. The third-order valence-corrected chi connectivity index (χ3v) is 3.13. The summed E-state index contributed by atoms with van der Waals surface area (Å²) in [5.41, 5.74) is 4.95. The molecule has 0 fully saturated rings. The van der Waals surface area contributed by atoms with Crippen LogP contribution in [-0.4, -0.2) is 12.4 Å². The smallest absolute Gasteiger partial charge is 0.192 e. The third-order valence-electron chi connectivity index (χ3n) is 3.13. The summed E-state index contributed by atoms with van der Waals surface area (Å²) in [6, 6.07) is 4.12. The number of ether oxygens (including phenoxy) is 1. The highest BCUT2D eigenvalue weighted by Gasteiger charge is 2.19. The maximum Gasteiger partial charge on any atom is 0.192 e. The second kappa shape index (κ2) is 4.74. The number of allylic oxidation sites excluding steroid dienone is 1. The number of ketones is 1. The molecule has 90 valence electrons. The molecule has 0 unspecified atom stereocenters. The zero-order valence-electron chi connectivity index (χ0n) is 10.7. The molecule has 2 nitrogen and oxygen atoms in total. The largest absolute Gasteiger partial charge is 0.501 e. The quantitative estimate of drug-likeness (QED) is 0.727. The fraction of sp³-hybridized carbons (Fsp3) is 0.400. The van der Waals surface area contributed by atoms with Crippen LogP contribution < -0.4 is 0 Å². The van der Waals surface area contributed by atoms with Crippen LogP contribution in [0.2, 0.25) is 0 Å². The van der Waals surface area contributed by atoms with E-state index in [1.807, 2.05) is 13.8 Å². The first-order valence-corrected chi connectivity index (χ1v) is 6.03. The highest BCUT2D eigenvalue weighted by molar-refractivity contribution is 6.10. The normalized spacial score (nSPS) is 15.1. The average molecular weight is 230 g/mol. The highest BCUT2D eigenvalue weighted by atomic mass is 16.5. The molecule has 0 radical (unpaired) electrons. The number of hydrogen-bond donors (Lipinski definition) is 0. The topological polar surface area (TPSA) is 26.3 Å². The summed E-state index contributed by atoms with van der Waals surface area (Å²) < 4.78 is 5.25. The lowest BCUT2D eigenvalue weighted by atomic mass is 9.91. The van der Waals surface area contributed by atoms with Crippen molar-refractivity contribution in [2.24, 2.45) is 0 Å². The maximum absolute atomic E-state index is 12.4. The van der Waals surface area contributed by atoms with E-state index in [9.17, 15) is 4.79 Å². The van der Waals surface area contributed by atoms with Gasteiger partial charge in [-0.1, -0.05) is 17.7 Å². The Bertz CT molecular complexity index is 461. The van der Waals surface area contributed by atoms with Gasteiger partial charge >= 0.3 is 0 Å². The summed E-state index contributed by atoms with van der Waals surface area (Å²) in [5.74, 6) is 0.125. The van der Waals surface area contributed by atoms with E-state index < -0.39 is 0 Å². The van der Waals surface area contributed by atoms with Crippen molar-refractivity contribution < 1.29 is 9.53 Å². The molecular weight excluding hydrogens is 212 g/mol. The van der Waals surface area contributed by atoms with Crippen molar-refractivity contribution in [3.8, 4) is 0 Å². The van der Waals surface area contributed by atoms with Gasteiger partial charge in [0.15, 0.2) is 5.78 Å². The summed E-state index contributed by atoms with van der Waals surface area (Å²) in [6.07, 6.45) is 3.39. The first-order chi connectivity index (χ1) is 8.09. The van der Waals surface area contributed by atoms with Gasteiger partial charge in [0.2, 0.25) is 0 Å². The molecule has 1 aliphatic rings. The molecule has 1 heterocycles. The molecule has 0 saturated heterocycles. The number of Topliss-reactive ketones (excluding diaryl/α,β-unsaturated/α-hetero) is 1. The Morgan fingerprint density at radius 3 is 2.35 bits per heavy atom. The molecule has 0 amide bonds. The molecule has 2 heteroatoms. The van der Waals surface area contributed by atoms with E-state index in [1.165, 1.54) is 5.56 Å². The van der Waals surface area contributed by atoms with Crippen molar-refractivity contribution >= 4 is 5.78 Å². The predicted octanol–water partition coefficient (Wildman–Crippen LogP) is 3.49. The molecule has 1 aliphatic heterocycles. The van der Waals surface area contributed by atoms with Gasteiger partial charge < -0.3 is 4.74 Å². The van der Waals surface area contributed by atoms with E-state index >= 15 is 0 Å². The molecule has 0 aliphatic carbocycles. The summed E-state index contributed by atoms with van der Waals surface area (Å²) in [6.45, 7) is 6.77. The van der Waals surface area contributed by atoms with E-state index in [1.54, 1.807) is 6.26 Å². The monoisotopic (exact) mass is 230 g/mol. The van der Waals surface area contributed by atoms with Crippen molar-refractivity contribution in [2.75, 3.05) is 6.61 Å². The van der Waals surface area contributed by atoms with Crippen molar-refractivity contribution in [3.05, 3.63) is 46.2 Å². The first-order valence-electron chi connectivity index (χ1n) is 6.03. The summed E-state index contributed by atoms with van der Waals surface area (Å²) in [4.78, 5) is 12.4. The van der Waals surface area contributed by atoms with Gasteiger partial charge in [-0.3, -0.25) is 4.79 Å². The Kier molecular flexibility index (Phi) is 3.32. The Labute approximate surface area is 102 Å². The SMILES string of the molecule is Cc1cc(C)c(C(=O)C2=COCCC2)c(C)c1. The number of aryl methyl sites for hydroxylation is 3. The van der Waals surface area contributed by atoms with Crippen LogP contribution in [0.15, 0.2) is 24.0 Å². The molecule has 0 bridgehead atoms. The molecule has 1 aromatic carbocycles. The molecule has 2 rings (SSSR count). The van der Waals surface area contributed by atoms with Crippen LogP contribution in [0.3, 0.4) is 0 Å². The van der Waals surface area contributed by atoms with E-state index in [2.05, 4.69) is 19.1 Å². The van der Waals surface area contributed by atoms with Crippen LogP contribution in [-0.2, 0) is 4.74 Å². The second-order valence-electron chi connectivity index (χ2n) is 4.72. The maximum atomic E-state index is 12.4. The number of hydrogen-bond acceptors (Lipinski definition) is 2. The number of benzene rings is 1. The van der Waals surface area contributed by atoms with Crippen molar-refractivity contribution in [3.63, 3.8) is 0 Å². The van der Waals surface area contributed by atoms with Crippen molar-refractivity contribution in [1.29, 1.82) is 0 Å². The van der Waals surface area contributed by atoms with E-state index in [-0.39, 0.29) is 5.78 Å². The molecule has 0 atom stereocenters. The standard InChI is InChI=1S/C15H18O2/c1-10-7-11(2)14(12(3)8-10)15(16)13-5-4-6-17-9-13/h7-9H,4-6H2,1-3H3. The molecule has 0 saturated carbocycles. The summed E-state index contributed by atoms with van der Waals surface area (Å²) in [5, 5.41) is 0. The average Bonchev–Trinajstić information content (AvgIpc) is 2.28. The van der Waals surface area contributed by atoms with Gasteiger partial charge in [-0.15, -0.1) is 0 Å². The lowest BCUT2D eigenvalue weighted by Crippen LogP contribution is -2.12. The Balaban J connectivity index is 2.40. The number of carbonyl (C=O) groups excluding carboxylic acids is 1. The van der Waals surface area contributed by atoms with E-state index in [0.717, 1.165) is 41.7 Å². The van der Waals surface area contributed by atoms with Crippen molar-refractivity contribution in [2.45, 2.75) is 33.6 Å². The van der Waals surface area contributed by atoms with Crippen LogP contribution in [0.4, 0.5) is 0 Å². The van der Waals surface area contributed by atoms with Crippen molar-refractivity contribution in [1.82, 2.24) is 0 Å². The fourth-order valence-electron chi connectivity index (χ4n) is 2.43. The van der Waals surface area contributed by atoms with E-state index in [0.29, 0.717) is 0 Å². The summed E-state index contributed by atoms with van der Waals surface area (Å²) in [7, 11) is 0. The zero-order valence-corrected chi connectivity index (χ0v) is 10.7. The minimum Gasteiger partial charge on any atom is -0.501 e. The van der Waals surface area contributed by atoms with E-state index in [4.69, 9.17) is 4.74 Å². The van der Waals surface area contributed by atoms with Crippen LogP contribution in [0, 0.1) is 20.8 Å². The second-order valence-corrected chi connectivity index (χ2v) is 4.72. The van der Waals surface area contributed by atoms with Crippen LogP contribution in [0.5, 0.6) is 0 Å². The lowest BCUT2D eigenvalue weighted by Gasteiger charge is -2.15. The third kappa shape index (κ3) is 2.41. The molecular formula is C15H18O2. The van der Waals surface area contributed by atoms with Gasteiger partial charge in [-0.05, 0) is 44.7 Å². The molecule has 0 aromatic heterocycles. The Morgan fingerprint density at radius 1 is 1.18 bits per heavy atom. The van der Waals surface area contributed by atoms with Gasteiger partial charge in [0.1, 0.15) is 0 Å². The Hall–Kier alpha value is -1.57. The predicted molar refractivity (Wildman–Crippen MR) is 68.3 cm³/mol. The molecule has 0 spiro atoms. The van der Waals surface area contributed by atoms with Gasteiger partial charge in [0, 0.05) is 11.1 Å².